The topological polar surface area (TPSA) is 83.0 Å². The fourth-order valence-electron chi connectivity index (χ4n) is 1.94. The SMILES string of the molecule is CN(C)CCCNC(=O)c1ccnc(NCc2ccncc2)n1. The molecule has 7 heteroatoms. The van der Waals surface area contributed by atoms with Gasteiger partial charge < -0.3 is 15.5 Å². The molecule has 0 radical (unpaired) electrons. The Morgan fingerprint density at radius 2 is 1.96 bits per heavy atom. The Bertz CT molecular complexity index is 617. The summed E-state index contributed by atoms with van der Waals surface area (Å²) in [5, 5.41) is 5.97. The van der Waals surface area contributed by atoms with Gasteiger partial charge in [-0.15, -0.1) is 0 Å². The van der Waals surface area contributed by atoms with Gasteiger partial charge in [-0.2, -0.15) is 0 Å². The highest BCUT2D eigenvalue weighted by atomic mass is 16.1. The Morgan fingerprint density at radius 3 is 2.70 bits per heavy atom. The number of pyridine rings is 1. The molecule has 0 aliphatic carbocycles. The van der Waals surface area contributed by atoms with Crippen LogP contribution in [-0.4, -0.2) is 52.9 Å². The molecule has 0 saturated heterocycles. The molecule has 2 heterocycles. The van der Waals surface area contributed by atoms with Crippen LogP contribution in [0.2, 0.25) is 0 Å². The number of aromatic nitrogens is 3. The van der Waals surface area contributed by atoms with Gasteiger partial charge in [0, 0.05) is 31.7 Å². The Kier molecular flexibility index (Phi) is 6.43. The highest BCUT2D eigenvalue weighted by Gasteiger charge is 2.08. The Balaban J connectivity index is 1.85. The molecule has 2 rings (SSSR count). The summed E-state index contributed by atoms with van der Waals surface area (Å²) < 4.78 is 0. The minimum atomic E-state index is -0.182. The van der Waals surface area contributed by atoms with E-state index in [9.17, 15) is 4.79 Å². The van der Waals surface area contributed by atoms with Gasteiger partial charge in [-0.1, -0.05) is 0 Å². The molecule has 7 nitrogen and oxygen atoms in total. The molecule has 2 aromatic rings. The first-order valence-corrected chi connectivity index (χ1v) is 7.54. The molecular weight excluding hydrogens is 292 g/mol. The Labute approximate surface area is 136 Å². The standard InChI is InChI=1S/C16H22N6O/c1-22(2)11-3-7-18-15(23)14-6-10-19-16(21-14)20-12-13-4-8-17-9-5-13/h4-6,8-10H,3,7,11-12H2,1-2H3,(H,18,23)(H,19,20,21). The summed E-state index contributed by atoms with van der Waals surface area (Å²) in [5.41, 5.74) is 1.43. The number of rotatable bonds is 8. The maximum Gasteiger partial charge on any atom is 0.270 e. The summed E-state index contributed by atoms with van der Waals surface area (Å²) in [7, 11) is 4.01. The van der Waals surface area contributed by atoms with Crippen molar-refractivity contribution in [2.75, 3.05) is 32.5 Å². The van der Waals surface area contributed by atoms with E-state index in [0.717, 1.165) is 18.5 Å². The third-order valence-electron chi connectivity index (χ3n) is 3.16. The van der Waals surface area contributed by atoms with Crippen molar-refractivity contribution in [3.63, 3.8) is 0 Å². The Hall–Kier alpha value is -2.54. The number of nitrogens with one attached hydrogen (secondary N) is 2. The molecule has 1 amide bonds. The summed E-state index contributed by atoms with van der Waals surface area (Å²) >= 11 is 0. The fourth-order valence-corrected chi connectivity index (χ4v) is 1.94. The van der Waals surface area contributed by atoms with Crippen molar-refractivity contribution in [3.05, 3.63) is 48.0 Å². The molecule has 0 aliphatic rings. The van der Waals surface area contributed by atoms with Gasteiger partial charge in [0.05, 0.1) is 0 Å². The van der Waals surface area contributed by atoms with E-state index in [0.29, 0.717) is 24.7 Å². The molecular formula is C16H22N6O. The van der Waals surface area contributed by atoms with E-state index >= 15 is 0 Å². The second-order valence-electron chi connectivity index (χ2n) is 5.39. The number of amides is 1. The van der Waals surface area contributed by atoms with E-state index in [2.05, 4.69) is 30.5 Å². The average Bonchev–Trinajstić information content (AvgIpc) is 2.58. The average molecular weight is 314 g/mol. The maximum absolute atomic E-state index is 12.1. The Morgan fingerprint density at radius 1 is 1.17 bits per heavy atom. The second kappa shape index (κ2) is 8.79. The van der Waals surface area contributed by atoms with Gasteiger partial charge >= 0.3 is 0 Å². The van der Waals surface area contributed by atoms with Crippen molar-refractivity contribution in [1.29, 1.82) is 0 Å². The highest BCUT2D eigenvalue weighted by Crippen LogP contribution is 2.04. The van der Waals surface area contributed by atoms with Gasteiger partial charge in [0.2, 0.25) is 5.95 Å². The van der Waals surface area contributed by atoms with E-state index in [1.165, 1.54) is 0 Å². The number of hydrogen-bond donors (Lipinski definition) is 2. The van der Waals surface area contributed by atoms with Crippen molar-refractivity contribution in [1.82, 2.24) is 25.2 Å². The lowest BCUT2D eigenvalue weighted by atomic mass is 10.3. The zero-order valence-corrected chi connectivity index (χ0v) is 13.5. The fraction of sp³-hybridized carbons (Fsp3) is 0.375. The molecule has 2 N–H and O–H groups in total. The van der Waals surface area contributed by atoms with Crippen LogP contribution >= 0.6 is 0 Å². The lowest BCUT2D eigenvalue weighted by molar-refractivity contribution is 0.0947. The monoisotopic (exact) mass is 314 g/mol. The van der Waals surface area contributed by atoms with E-state index < -0.39 is 0 Å². The quantitative estimate of drug-likeness (QED) is 0.712. The van der Waals surface area contributed by atoms with Gasteiger partial charge in [0.15, 0.2) is 0 Å². The molecule has 2 aromatic heterocycles. The first-order chi connectivity index (χ1) is 11.1. The van der Waals surface area contributed by atoms with Crippen LogP contribution in [0.4, 0.5) is 5.95 Å². The van der Waals surface area contributed by atoms with Crippen LogP contribution in [0.25, 0.3) is 0 Å². The lowest BCUT2D eigenvalue weighted by Crippen LogP contribution is -2.28. The van der Waals surface area contributed by atoms with Crippen LogP contribution in [0, 0.1) is 0 Å². The van der Waals surface area contributed by atoms with Gasteiger partial charge in [0.1, 0.15) is 5.69 Å². The zero-order chi connectivity index (χ0) is 16.5. The highest BCUT2D eigenvalue weighted by molar-refractivity contribution is 5.92. The first-order valence-electron chi connectivity index (χ1n) is 7.54. The van der Waals surface area contributed by atoms with E-state index in [-0.39, 0.29) is 5.91 Å². The van der Waals surface area contributed by atoms with Crippen LogP contribution in [-0.2, 0) is 6.54 Å². The molecule has 0 aromatic carbocycles. The van der Waals surface area contributed by atoms with Crippen molar-refractivity contribution in [3.8, 4) is 0 Å². The predicted octanol–water partition coefficient (Wildman–Crippen LogP) is 1.17. The molecule has 0 unspecified atom stereocenters. The van der Waals surface area contributed by atoms with Gasteiger partial charge in [0.25, 0.3) is 5.91 Å². The number of hydrogen-bond acceptors (Lipinski definition) is 6. The summed E-state index contributed by atoms with van der Waals surface area (Å²) in [4.78, 5) is 26.5. The second-order valence-corrected chi connectivity index (χ2v) is 5.39. The van der Waals surface area contributed by atoms with Crippen molar-refractivity contribution >= 4 is 11.9 Å². The molecule has 0 fully saturated rings. The van der Waals surface area contributed by atoms with E-state index in [4.69, 9.17) is 0 Å². The molecule has 0 bridgehead atoms. The van der Waals surface area contributed by atoms with Gasteiger partial charge in [-0.25, -0.2) is 9.97 Å². The van der Waals surface area contributed by atoms with Gasteiger partial charge in [-0.05, 0) is 50.8 Å². The molecule has 0 atom stereocenters. The van der Waals surface area contributed by atoms with Crippen molar-refractivity contribution < 1.29 is 4.79 Å². The molecule has 122 valence electrons. The number of anilines is 1. The zero-order valence-electron chi connectivity index (χ0n) is 13.5. The summed E-state index contributed by atoms with van der Waals surface area (Å²) in [6, 6.07) is 5.43. The summed E-state index contributed by atoms with van der Waals surface area (Å²) in [6.45, 7) is 2.14. The van der Waals surface area contributed by atoms with Crippen LogP contribution in [0.5, 0.6) is 0 Å². The van der Waals surface area contributed by atoms with Crippen molar-refractivity contribution in [2.24, 2.45) is 0 Å². The van der Waals surface area contributed by atoms with Crippen LogP contribution in [0.3, 0.4) is 0 Å². The summed E-state index contributed by atoms with van der Waals surface area (Å²) in [5.74, 6) is 0.251. The minimum absolute atomic E-state index is 0.182. The summed E-state index contributed by atoms with van der Waals surface area (Å²) in [6.07, 6.45) is 5.94. The van der Waals surface area contributed by atoms with Crippen molar-refractivity contribution in [2.45, 2.75) is 13.0 Å². The molecule has 23 heavy (non-hydrogen) atoms. The van der Waals surface area contributed by atoms with E-state index in [1.807, 2.05) is 26.2 Å². The first kappa shape index (κ1) is 16.8. The number of nitrogens with zero attached hydrogens (tertiary/aromatic N) is 4. The van der Waals surface area contributed by atoms with Gasteiger partial charge in [-0.3, -0.25) is 9.78 Å². The molecule has 0 saturated carbocycles. The van der Waals surface area contributed by atoms with Crippen LogP contribution < -0.4 is 10.6 Å². The maximum atomic E-state index is 12.1. The van der Waals surface area contributed by atoms with Crippen LogP contribution in [0.15, 0.2) is 36.8 Å². The third-order valence-corrected chi connectivity index (χ3v) is 3.16. The largest absolute Gasteiger partial charge is 0.351 e. The predicted molar refractivity (Wildman–Crippen MR) is 89.1 cm³/mol. The van der Waals surface area contributed by atoms with Crippen LogP contribution in [0.1, 0.15) is 22.5 Å². The number of carbonyl (C=O) groups is 1. The lowest BCUT2D eigenvalue weighted by Gasteiger charge is -2.10. The minimum Gasteiger partial charge on any atom is -0.351 e. The smallest absolute Gasteiger partial charge is 0.270 e. The van der Waals surface area contributed by atoms with E-state index in [1.54, 1.807) is 24.7 Å². The molecule has 0 spiro atoms. The third kappa shape index (κ3) is 5.99. The number of carbonyl (C=O) groups excluding carboxylic acids is 1. The molecule has 0 aliphatic heterocycles. The normalized spacial score (nSPS) is 10.6.